The van der Waals surface area contributed by atoms with Crippen molar-refractivity contribution >= 4 is 71.5 Å². The van der Waals surface area contributed by atoms with Crippen molar-refractivity contribution in [2.75, 3.05) is 5.32 Å². The Morgan fingerprint density at radius 3 is 2.65 bits per heavy atom. The first-order valence-electron chi connectivity index (χ1n) is 4.69. The highest BCUT2D eigenvalue weighted by molar-refractivity contribution is 14.1. The van der Waals surface area contributed by atoms with Gasteiger partial charge >= 0.3 is 0 Å². The maximum Gasteiger partial charge on any atom is 0.124 e. The molecule has 1 aromatic heterocycles. The highest BCUT2D eigenvalue weighted by atomic mass is 127. The number of anilines is 1. The quantitative estimate of drug-likeness (QED) is 0.550. The molecule has 0 atom stereocenters. The summed E-state index contributed by atoms with van der Waals surface area (Å²) in [4.78, 5) is 1.21. The summed E-state index contributed by atoms with van der Waals surface area (Å²) in [5.74, 6) is -0.207. The molecule has 1 nitrogen and oxygen atoms in total. The maximum absolute atomic E-state index is 12.9. The fourth-order valence-electron chi connectivity index (χ4n) is 1.29. The average molecular weight is 491 g/mol. The molecule has 0 aliphatic rings. The summed E-state index contributed by atoms with van der Waals surface area (Å²) in [6, 6.07) is 6.81. The molecular weight excluding hydrogens is 484 g/mol. The van der Waals surface area contributed by atoms with Crippen LogP contribution in [0.5, 0.6) is 0 Å². The van der Waals surface area contributed by atoms with Crippen LogP contribution in [0.2, 0.25) is 0 Å². The Bertz CT molecular complexity index is 525. The van der Waals surface area contributed by atoms with Crippen LogP contribution in [0, 0.1) is 9.39 Å². The summed E-state index contributed by atoms with van der Waals surface area (Å²) in [6.45, 7) is 0.733. The lowest BCUT2D eigenvalue weighted by Crippen LogP contribution is -1.99. The van der Waals surface area contributed by atoms with Gasteiger partial charge in [-0.2, -0.15) is 0 Å². The van der Waals surface area contributed by atoms with Gasteiger partial charge in [0.05, 0.1) is 3.79 Å². The molecule has 0 bridgehead atoms. The van der Waals surface area contributed by atoms with Crippen molar-refractivity contribution in [2.45, 2.75) is 6.54 Å². The van der Waals surface area contributed by atoms with E-state index in [1.54, 1.807) is 17.4 Å². The molecule has 0 saturated carbocycles. The Kier molecular flexibility index (Phi) is 4.85. The van der Waals surface area contributed by atoms with Crippen LogP contribution in [0.15, 0.2) is 32.5 Å². The van der Waals surface area contributed by atoms with Crippen molar-refractivity contribution in [3.8, 4) is 0 Å². The third-order valence-corrected chi connectivity index (χ3v) is 6.23. The van der Waals surface area contributed by atoms with Gasteiger partial charge in [-0.1, -0.05) is 0 Å². The van der Waals surface area contributed by atoms with Crippen LogP contribution in [0.3, 0.4) is 0 Å². The number of rotatable bonds is 3. The van der Waals surface area contributed by atoms with Crippen molar-refractivity contribution in [3.05, 3.63) is 46.8 Å². The summed E-state index contributed by atoms with van der Waals surface area (Å²) in [5.41, 5.74) is 0.952. The van der Waals surface area contributed by atoms with Crippen molar-refractivity contribution in [3.63, 3.8) is 0 Å². The van der Waals surface area contributed by atoms with Crippen molar-refractivity contribution in [2.24, 2.45) is 0 Å². The predicted molar refractivity (Wildman–Crippen MR) is 86.2 cm³/mol. The van der Waals surface area contributed by atoms with Gasteiger partial charge in [0.2, 0.25) is 0 Å². The highest BCUT2D eigenvalue weighted by Gasteiger charge is 2.05. The molecule has 0 radical (unpaired) electrons. The molecule has 1 heterocycles. The van der Waals surface area contributed by atoms with E-state index in [-0.39, 0.29) is 5.82 Å². The largest absolute Gasteiger partial charge is 0.379 e. The molecule has 0 aliphatic heterocycles. The maximum atomic E-state index is 12.9. The molecule has 0 spiro atoms. The number of benzene rings is 1. The Labute approximate surface area is 133 Å². The smallest absolute Gasteiger partial charge is 0.124 e. The van der Waals surface area contributed by atoms with Crippen LogP contribution in [0.4, 0.5) is 10.1 Å². The molecule has 17 heavy (non-hydrogen) atoms. The zero-order valence-electron chi connectivity index (χ0n) is 8.44. The molecule has 0 saturated heterocycles. The topological polar surface area (TPSA) is 12.0 Å². The monoisotopic (exact) mass is 489 g/mol. The van der Waals surface area contributed by atoms with Crippen LogP contribution >= 0.6 is 65.8 Å². The van der Waals surface area contributed by atoms with Gasteiger partial charge in [0.1, 0.15) is 5.82 Å². The van der Waals surface area contributed by atoms with Crippen LogP contribution in [0.1, 0.15) is 4.88 Å². The number of nitrogens with one attached hydrogen (secondary N) is 1. The first-order chi connectivity index (χ1) is 8.06. The van der Waals surface area contributed by atoms with Gasteiger partial charge in [0.15, 0.2) is 0 Å². The molecule has 90 valence electrons. The lowest BCUT2D eigenvalue weighted by Gasteiger charge is -2.07. The zero-order chi connectivity index (χ0) is 12.4. The van der Waals surface area contributed by atoms with Gasteiger partial charge in [0.25, 0.3) is 0 Å². The normalized spacial score (nSPS) is 10.6. The van der Waals surface area contributed by atoms with Gasteiger partial charge < -0.3 is 5.32 Å². The van der Waals surface area contributed by atoms with E-state index in [0.717, 1.165) is 24.1 Å². The van der Waals surface area contributed by atoms with Gasteiger partial charge in [0, 0.05) is 25.2 Å². The van der Waals surface area contributed by atoms with Crippen LogP contribution in [-0.2, 0) is 6.54 Å². The molecule has 0 amide bonds. The third kappa shape index (κ3) is 3.65. The molecule has 6 heteroatoms. The Hall–Kier alpha value is 0.340. The van der Waals surface area contributed by atoms with E-state index in [1.165, 1.54) is 17.0 Å². The first kappa shape index (κ1) is 13.8. The van der Waals surface area contributed by atoms with E-state index >= 15 is 0 Å². The lowest BCUT2D eigenvalue weighted by atomic mass is 10.3. The van der Waals surface area contributed by atoms with Crippen LogP contribution in [0.25, 0.3) is 0 Å². The van der Waals surface area contributed by atoms with E-state index in [2.05, 4.69) is 65.8 Å². The van der Waals surface area contributed by atoms with Gasteiger partial charge in [-0.3, -0.25) is 0 Å². The van der Waals surface area contributed by atoms with Gasteiger partial charge in [-0.25, -0.2) is 4.39 Å². The van der Waals surface area contributed by atoms with Crippen molar-refractivity contribution in [1.29, 1.82) is 0 Å². The second kappa shape index (κ2) is 5.99. The summed E-state index contributed by atoms with van der Waals surface area (Å²) in [7, 11) is 0. The van der Waals surface area contributed by atoms with Gasteiger partial charge in [-0.05, 0) is 78.7 Å². The van der Waals surface area contributed by atoms with E-state index < -0.39 is 0 Å². The van der Waals surface area contributed by atoms with Crippen molar-refractivity contribution < 1.29 is 4.39 Å². The molecule has 0 fully saturated rings. The van der Waals surface area contributed by atoms with Crippen molar-refractivity contribution in [1.82, 2.24) is 0 Å². The zero-order valence-corrected chi connectivity index (χ0v) is 14.6. The fraction of sp³-hybridized carbons (Fsp3) is 0.0909. The molecule has 0 aliphatic carbocycles. The Morgan fingerprint density at radius 2 is 2.06 bits per heavy atom. The minimum Gasteiger partial charge on any atom is -0.379 e. The Balaban J connectivity index is 2.07. The summed E-state index contributed by atoms with van der Waals surface area (Å²) in [6.07, 6.45) is 0. The number of hydrogen-bond acceptors (Lipinski definition) is 2. The molecule has 0 unspecified atom stereocenters. The number of halogens is 4. The lowest BCUT2D eigenvalue weighted by molar-refractivity contribution is 0.627. The van der Waals surface area contributed by atoms with E-state index in [1.807, 2.05) is 0 Å². The number of thiophene rings is 1. The third-order valence-electron chi connectivity index (χ3n) is 2.08. The van der Waals surface area contributed by atoms with E-state index in [9.17, 15) is 4.39 Å². The first-order valence-corrected chi connectivity index (χ1v) is 8.17. The van der Waals surface area contributed by atoms with Crippen LogP contribution in [-0.4, -0.2) is 0 Å². The molecule has 2 aromatic rings. The van der Waals surface area contributed by atoms with Gasteiger partial charge in [-0.15, -0.1) is 11.3 Å². The summed E-state index contributed by atoms with van der Waals surface area (Å²) < 4.78 is 16.0. The molecule has 2 rings (SSSR count). The molecular formula is C11H7Br2FINS. The minimum atomic E-state index is -0.207. The fourth-order valence-corrected chi connectivity index (χ4v) is 4.08. The number of hydrogen-bond donors (Lipinski definition) is 1. The standard InChI is InChI=1S/C11H7Br2FINS/c12-8-4-7(17-11(8)13)5-16-10-2-1-6(14)3-9(10)15/h1-4,16H,5H2. The average Bonchev–Trinajstić information content (AvgIpc) is 2.57. The Morgan fingerprint density at radius 1 is 1.29 bits per heavy atom. The van der Waals surface area contributed by atoms with E-state index in [4.69, 9.17) is 0 Å². The van der Waals surface area contributed by atoms with E-state index in [0.29, 0.717) is 0 Å². The summed E-state index contributed by atoms with van der Waals surface area (Å²) in [5, 5.41) is 3.29. The molecule has 1 aromatic carbocycles. The second-order valence-corrected chi connectivity index (χ2v) is 7.78. The predicted octanol–water partition coefficient (Wildman–Crippen LogP) is 5.63. The summed E-state index contributed by atoms with van der Waals surface area (Å²) >= 11 is 10.7. The molecule has 1 N–H and O–H groups in total. The SMILES string of the molecule is Fc1ccc(NCc2cc(Br)c(Br)s2)c(I)c1. The highest BCUT2D eigenvalue weighted by Crippen LogP contribution is 2.33. The van der Waals surface area contributed by atoms with Crippen LogP contribution < -0.4 is 5.32 Å². The minimum absolute atomic E-state index is 0.207. The second-order valence-electron chi connectivity index (χ2n) is 3.31.